The van der Waals surface area contributed by atoms with Crippen molar-refractivity contribution in [3.8, 4) is 12.1 Å². The summed E-state index contributed by atoms with van der Waals surface area (Å²) in [4.78, 5) is 40.9. The summed E-state index contributed by atoms with van der Waals surface area (Å²) in [5.74, 6) is -1.16. The fourth-order valence-electron chi connectivity index (χ4n) is 2.39. The van der Waals surface area contributed by atoms with Crippen molar-refractivity contribution in [2.24, 2.45) is 0 Å². The molecular formula is C22H25N5O4S2. The number of hydrogen-bond donors (Lipinski definition) is 3. The molecule has 2 aromatic rings. The molecule has 1 aromatic carbocycles. The molecule has 1 atom stereocenters. The van der Waals surface area contributed by atoms with Crippen LogP contribution < -0.4 is 10.6 Å². The minimum absolute atomic E-state index is 0.0943. The molecule has 33 heavy (non-hydrogen) atoms. The van der Waals surface area contributed by atoms with Gasteiger partial charge < -0.3 is 15.4 Å². The van der Waals surface area contributed by atoms with Gasteiger partial charge in [0.25, 0.3) is 5.91 Å². The lowest BCUT2D eigenvalue weighted by Gasteiger charge is -2.13. The van der Waals surface area contributed by atoms with Crippen molar-refractivity contribution in [3.63, 3.8) is 0 Å². The number of aryl methyl sites for hydroxylation is 1. The predicted octanol–water partition coefficient (Wildman–Crippen LogP) is 3.82. The molecule has 2 N–H and O–H groups in total. The number of carbonyl (C=O) groups excluding carboxylic acids is 3. The molecular weight excluding hydrogens is 462 g/mol. The third-order valence-corrected chi connectivity index (χ3v) is 5.21. The van der Waals surface area contributed by atoms with Crippen molar-refractivity contribution >= 4 is 46.9 Å². The first-order valence-electron chi connectivity index (χ1n) is 9.89. The zero-order valence-electron chi connectivity index (χ0n) is 18.7. The maximum Gasteiger partial charge on any atom is 0.350 e. The lowest BCUT2D eigenvalue weighted by Crippen LogP contribution is -2.31. The summed E-state index contributed by atoms with van der Waals surface area (Å²) in [7, 11) is 0. The van der Waals surface area contributed by atoms with Gasteiger partial charge in [0, 0.05) is 18.9 Å². The maximum absolute atomic E-state index is 12.2. The second-order valence-corrected chi connectivity index (χ2v) is 8.50. The number of rotatable bonds is 8. The number of thiol groups is 1. The summed E-state index contributed by atoms with van der Waals surface area (Å²) < 4.78 is 5.15. The average Bonchev–Trinajstić information content (AvgIpc) is 3.12. The maximum atomic E-state index is 12.2. The van der Waals surface area contributed by atoms with E-state index in [1.807, 2.05) is 6.07 Å². The van der Waals surface area contributed by atoms with Gasteiger partial charge >= 0.3 is 5.97 Å². The topological polar surface area (TPSA) is 145 Å². The van der Waals surface area contributed by atoms with Crippen LogP contribution in [0.4, 0.5) is 5.13 Å². The largest absolute Gasteiger partial charge is 0.459 e. The Bertz CT molecular complexity index is 1070. The van der Waals surface area contributed by atoms with Crippen LogP contribution in [-0.2, 0) is 9.53 Å². The third kappa shape index (κ3) is 9.73. The molecule has 0 saturated heterocycles. The fourth-order valence-corrected chi connectivity index (χ4v) is 3.51. The highest BCUT2D eigenvalue weighted by atomic mass is 32.1. The molecule has 2 rings (SSSR count). The van der Waals surface area contributed by atoms with Gasteiger partial charge in [-0.25, -0.2) is 9.78 Å². The van der Waals surface area contributed by atoms with Gasteiger partial charge in [-0.3, -0.25) is 9.59 Å². The summed E-state index contributed by atoms with van der Waals surface area (Å²) >= 11 is 5.35. The zero-order valence-corrected chi connectivity index (χ0v) is 20.4. The molecule has 0 aliphatic rings. The molecule has 1 heterocycles. The van der Waals surface area contributed by atoms with Gasteiger partial charge in [-0.2, -0.15) is 23.2 Å². The molecule has 0 radical (unpaired) electrons. The second-order valence-electron chi connectivity index (χ2n) is 6.88. The standard InChI is InChI=1S/C20H22N4O4S2.C2H3N/c1-11(2)28-19(27)17-12(3)22-20(30-17)23-15(25)7-8-16(29)24-18(26)14-6-4-5-13(9-14)10-21;1-2-3/h4-6,9,11,16,29H,7-8H2,1-3H3,(H,24,26)(H,22,23,25);1H3. The number of nitrogens with zero attached hydrogens (tertiary/aromatic N) is 3. The number of amides is 2. The van der Waals surface area contributed by atoms with Crippen LogP contribution in [0.5, 0.6) is 0 Å². The minimum atomic E-state index is -0.552. The Labute approximate surface area is 202 Å². The number of benzene rings is 1. The Morgan fingerprint density at radius 3 is 2.55 bits per heavy atom. The van der Waals surface area contributed by atoms with E-state index in [2.05, 4.69) is 28.2 Å². The Morgan fingerprint density at radius 1 is 1.27 bits per heavy atom. The molecule has 9 nitrogen and oxygen atoms in total. The number of nitriles is 2. The van der Waals surface area contributed by atoms with Crippen molar-refractivity contribution in [1.29, 1.82) is 10.5 Å². The van der Waals surface area contributed by atoms with E-state index in [0.29, 0.717) is 26.8 Å². The number of carbonyl (C=O) groups is 3. The zero-order chi connectivity index (χ0) is 25.0. The fraction of sp³-hybridized carbons (Fsp3) is 0.364. The summed E-state index contributed by atoms with van der Waals surface area (Å²) in [5, 5.41) is 21.3. The van der Waals surface area contributed by atoms with E-state index in [0.717, 1.165) is 11.3 Å². The third-order valence-electron chi connectivity index (χ3n) is 3.77. The first kappa shape index (κ1) is 27.6. The summed E-state index contributed by atoms with van der Waals surface area (Å²) in [6.45, 7) is 6.61. The second kappa shape index (κ2) is 13.9. The van der Waals surface area contributed by atoms with Gasteiger partial charge in [0.2, 0.25) is 5.91 Å². The van der Waals surface area contributed by atoms with E-state index in [9.17, 15) is 14.4 Å². The smallest absolute Gasteiger partial charge is 0.350 e. The SMILES string of the molecule is CC#N.Cc1nc(NC(=O)CCC(S)NC(=O)c2cccc(C#N)c2)sc1C(=O)OC(C)C. The van der Waals surface area contributed by atoms with Crippen LogP contribution in [0.15, 0.2) is 24.3 Å². The van der Waals surface area contributed by atoms with Gasteiger partial charge in [0.1, 0.15) is 4.88 Å². The van der Waals surface area contributed by atoms with E-state index in [1.165, 1.54) is 13.0 Å². The lowest BCUT2D eigenvalue weighted by atomic mass is 10.1. The molecule has 0 bridgehead atoms. The molecule has 0 spiro atoms. The molecule has 0 aliphatic carbocycles. The quantitative estimate of drug-likeness (QED) is 0.291. The summed E-state index contributed by atoms with van der Waals surface area (Å²) in [6.07, 6.45) is 0.129. The molecule has 1 aromatic heterocycles. The van der Waals surface area contributed by atoms with Crippen LogP contribution >= 0.6 is 24.0 Å². The monoisotopic (exact) mass is 487 g/mol. The van der Waals surface area contributed by atoms with E-state index in [1.54, 1.807) is 45.0 Å². The van der Waals surface area contributed by atoms with Crippen LogP contribution in [0.3, 0.4) is 0 Å². The molecule has 0 fully saturated rings. The average molecular weight is 488 g/mol. The highest BCUT2D eigenvalue weighted by Crippen LogP contribution is 2.24. The molecule has 11 heteroatoms. The van der Waals surface area contributed by atoms with Crippen molar-refractivity contribution in [1.82, 2.24) is 10.3 Å². The Morgan fingerprint density at radius 2 is 1.94 bits per heavy atom. The first-order valence-corrected chi connectivity index (χ1v) is 11.2. The Balaban J connectivity index is 0.00000172. The van der Waals surface area contributed by atoms with Crippen LogP contribution in [0.2, 0.25) is 0 Å². The number of ether oxygens (including phenoxy) is 1. The highest BCUT2D eigenvalue weighted by molar-refractivity contribution is 7.80. The molecule has 1 unspecified atom stereocenters. The van der Waals surface area contributed by atoms with Gasteiger partial charge in [-0.1, -0.05) is 17.4 Å². The number of nitrogens with one attached hydrogen (secondary N) is 2. The molecule has 174 valence electrons. The van der Waals surface area contributed by atoms with Crippen molar-refractivity contribution in [2.45, 2.75) is 52.0 Å². The van der Waals surface area contributed by atoms with Crippen molar-refractivity contribution in [2.75, 3.05) is 5.32 Å². The first-order chi connectivity index (χ1) is 15.6. The van der Waals surface area contributed by atoms with E-state index < -0.39 is 11.3 Å². The van der Waals surface area contributed by atoms with Gasteiger partial charge in [0.05, 0.1) is 34.9 Å². The Kier molecular flexibility index (Phi) is 11.6. The van der Waals surface area contributed by atoms with E-state index in [-0.39, 0.29) is 30.8 Å². The van der Waals surface area contributed by atoms with Gasteiger partial charge in [-0.05, 0) is 45.4 Å². The van der Waals surface area contributed by atoms with E-state index in [4.69, 9.17) is 15.3 Å². The minimum Gasteiger partial charge on any atom is -0.459 e. The number of anilines is 1. The van der Waals surface area contributed by atoms with Crippen LogP contribution in [0.25, 0.3) is 0 Å². The van der Waals surface area contributed by atoms with E-state index >= 15 is 0 Å². The van der Waals surface area contributed by atoms with Gasteiger partial charge in [0.15, 0.2) is 5.13 Å². The summed E-state index contributed by atoms with van der Waals surface area (Å²) in [6, 6.07) is 10.0. The van der Waals surface area contributed by atoms with Crippen LogP contribution in [-0.4, -0.2) is 34.2 Å². The number of thiazole rings is 1. The highest BCUT2D eigenvalue weighted by Gasteiger charge is 2.19. The van der Waals surface area contributed by atoms with Gasteiger partial charge in [-0.15, -0.1) is 0 Å². The molecule has 0 saturated carbocycles. The van der Waals surface area contributed by atoms with Crippen LogP contribution in [0.1, 0.15) is 64.9 Å². The van der Waals surface area contributed by atoms with Crippen molar-refractivity contribution < 1.29 is 19.1 Å². The molecule has 0 aliphatic heterocycles. The Hall–Kier alpha value is -3.41. The number of esters is 1. The summed E-state index contributed by atoms with van der Waals surface area (Å²) in [5.41, 5.74) is 1.21. The normalized spacial score (nSPS) is 10.7. The van der Waals surface area contributed by atoms with Crippen LogP contribution in [0, 0.1) is 29.6 Å². The number of aromatic nitrogens is 1. The number of hydrogen-bond acceptors (Lipinski definition) is 9. The molecule has 2 amide bonds. The lowest BCUT2D eigenvalue weighted by molar-refractivity contribution is -0.116. The van der Waals surface area contributed by atoms with Crippen molar-refractivity contribution in [3.05, 3.63) is 46.0 Å². The predicted molar refractivity (Wildman–Crippen MR) is 128 cm³/mol.